The number of hydrogen-bond donors (Lipinski definition) is 1. The quantitative estimate of drug-likeness (QED) is 0.477. The summed E-state index contributed by atoms with van der Waals surface area (Å²) < 4.78 is 3.78. The van der Waals surface area contributed by atoms with Gasteiger partial charge in [-0.25, -0.2) is 4.99 Å². The number of allylic oxidation sites excluding steroid dienone is 1. The van der Waals surface area contributed by atoms with Crippen molar-refractivity contribution in [3.8, 4) is 0 Å². The number of hydrogen-bond acceptors (Lipinski definition) is 5. The summed E-state index contributed by atoms with van der Waals surface area (Å²) >= 11 is 7.41. The van der Waals surface area contributed by atoms with Crippen molar-refractivity contribution in [3.05, 3.63) is 114 Å². The third-order valence-corrected chi connectivity index (χ3v) is 6.74. The molecule has 4 aromatic rings. The maximum Gasteiger partial charge on any atom is 0.271 e. The van der Waals surface area contributed by atoms with E-state index in [1.807, 2.05) is 55.7 Å². The first-order valence-electron chi connectivity index (χ1n) is 10.5. The molecule has 9 heteroatoms. The van der Waals surface area contributed by atoms with E-state index in [1.165, 1.54) is 11.3 Å². The van der Waals surface area contributed by atoms with Crippen LogP contribution in [0.15, 0.2) is 88.0 Å². The van der Waals surface area contributed by atoms with Crippen molar-refractivity contribution in [1.29, 1.82) is 0 Å². The smallest absolute Gasteiger partial charge is 0.271 e. The Labute approximate surface area is 204 Å². The second-order valence-corrected chi connectivity index (χ2v) is 9.35. The minimum Gasteiger partial charge on any atom is -0.322 e. The molecule has 1 amide bonds. The number of halogens is 1. The van der Waals surface area contributed by atoms with Gasteiger partial charge in [-0.3, -0.25) is 18.8 Å². The van der Waals surface area contributed by atoms with Crippen molar-refractivity contribution in [2.75, 3.05) is 5.32 Å². The van der Waals surface area contributed by atoms with E-state index in [2.05, 4.69) is 15.4 Å². The summed E-state index contributed by atoms with van der Waals surface area (Å²) in [6, 6.07) is 15.7. The van der Waals surface area contributed by atoms with E-state index in [0.29, 0.717) is 31.3 Å². The van der Waals surface area contributed by atoms with Crippen LogP contribution in [0.3, 0.4) is 0 Å². The molecule has 7 nitrogen and oxygen atoms in total. The number of para-hydroxylation sites is 1. The van der Waals surface area contributed by atoms with E-state index in [1.54, 1.807) is 40.6 Å². The average molecular weight is 490 g/mol. The Morgan fingerprint density at radius 2 is 1.88 bits per heavy atom. The average Bonchev–Trinajstić information content (AvgIpc) is 3.36. The Balaban J connectivity index is 1.68. The number of thiazole rings is 1. The molecule has 0 bridgehead atoms. The highest BCUT2D eigenvalue weighted by atomic mass is 35.5. The number of nitrogens with zero attached hydrogens (tertiary/aromatic N) is 4. The molecule has 0 saturated carbocycles. The van der Waals surface area contributed by atoms with Gasteiger partial charge in [-0.15, -0.1) is 0 Å². The number of rotatable bonds is 4. The molecule has 170 valence electrons. The third kappa shape index (κ3) is 4.13. The van der Waals surface area contributed by atoms with Gasteiger partial charge in [0.2, 0.25) is 0 Å². The molecule has 0 radical (unpaired) electrons. The molecule has 34 heavy (non-hydrogen) atoms. The lowest BCUT2D eigenvalue weighted by Crippen LogP contribution is -2.40. The Kier molecular flexibility index (Phi) is 5.77. The minimum atomic E-state index is -0.645. The largest absolute Gasteiger partial charge is 0.322 e. The second kappa shape index (κ2) is 8.89. The number of amides is 1. The summed E-state index contributed by atoms with van der Waals surface area (Å²) in [4.78, 5) is 32.2. The number of fused-ring (bicyclic) bond motifs is 1. The zero-order valence-corrected chi connectivity index (χ0v) is 20.0. The van der Waals surface area contributed by atoms with Crippen LogP contribution >= 0.6 is 22.9 Å². The molecule has 2 aromatic heterocycles. The molecular formula is C25H20ClN5O2S. The van der Waals surface area contributed by atoms with E-state index in [9.17, 15) is 9.59 Å². The summed E-state index contributed by atoms with van der Waals surface area (Å²) in [7, 11) is 1.82. The number of aromatic nitrogens is 3. The van der Waals surface area contributed by atoms with E-state index < -0.39 is 6.04 Å². The monoisotopic (exact) mass is 489 g/mol. The summed E-state index contributed by atoms with van der Waals surface area (Å²) in [5.74, 6) is -0.311. The number of carbonyl (C=O) groups excluding carboxylic acids is 1. The van der Waals surface area contributed by atoms with Crippen LogP contribution in [0.1, 0.15) is 24.1 Å². The molecule has 5 rings (SSSR count). The molecule has 1 aliphatic heterocycles. The van der Waals surface area contributed by atoms with Crippen molar-refractivity contribution in [2.24, 2.45) is 12.0 Å². The van der Waals surface area contributed by atoms with Gasteiger partial charge in [0.05, 0.1) is 28.0 Å². The Morgan fingerprint density at radius 3 is 2.56 bits per heavy atom. The molecule has 0 fully saturated rings. The van der Waals surface area contributed by atoms with Gasteiger partial charge >= 0.3 is 0 Å². The lowest BCUT2D eigenvalue weighted by atomic mass is 9.95. The fourth-order valence-corrected chi connectivity index (χ4v) is 5.13. The molecule has 0 saturated heterocycles. The molecule has 3 heterocycles. The van der Waals surface area contributed by atoms with Gasteiger partial charge in [0, 0.05) is 29.5 Å². The first-order chi connectivity index (χ1) is 16.4. The standard InChI is InChI=1S/C25H20ClN5O2S/c1-15-21(23(32)29-19-6-4-3-5-7-19)22(17-8-10-18(26)11-9-17)31-24(33)20(34-25(31)28-15)12-16-13-27-30(2)14-16/h3-14,22H,1-2H3,(H,29,32)/b20-12+/t22-/m0/s1. The fraction of sp³-hybridized carbons (Fsp3) is 0.120. The van der Waals surface area contributed by atoms with Gasteiger partial charge < -0.3 is 5.32 Å². The van der Waals surface area contributed by atoms with Gasteiger partial charge in [0.15, 0.2) is 4.80 Å². The molecule has 1 N–H and O–H groups in total. The van der Waals surface area contributed by atoms with Gasteiger partial charge in [0.1, 0.15) is 0 Å². The fourth-order valence-electron chi connectivity index (χ4n) is 3.96. The predicted octanol–water partition coefficient (Wildman–Crippen LogP) is 3.26. The van der Waals surface area contributed by atoms with E-state index in [0.717, 1.165) is 11.1 Å². The van der Waals surface area contributed by atoms with Crippen molar-refractivity contribution >= 4 is 40.6 Å². The first-order valence-corrected chi connectivity index (χ1v) is 11.7. The van der Waals surface area contributed by atoms with Crippen molar-refractivity contribution in [1.82, 2.24) is 14.3 Å². The molecular weight excluding hydrogens is 470 g/mol. The molecule has 1 aliphatic rings. The molecule has 1 atom stereocenters. The lowest BCUT2D eigenvalue weighted by Gasteiger charge is -2.25. The normalized spacial score (nSPS) is 15.7. The number of nitrogens with one attached hydrogen (secondary N) is 1. The summed E-state index contributed by atoms with van der Waals surface area (Å²) in [6.45, 7) is 1.79. The summed E-state index contributed by atoms with van der Waals surface area (Å²) in [5, 5.41) is 7.68. The Morgan fingerprint density at radius 1 is 1.15 bits per heavy atom. The Bertz CT molecular complexity index is 1600. The lowest BCUT2D eigenvalue weighted by molar-refractivity contribution is -0.113. The highest BCUT2D eigenvalue weighted by molar-refractivity contribution is 7.07. The maximum atomic E-state index is 13.6. The van der Waals surface area contributed by atoms with Crippen LogP contribution in [0.2, 0.25) is 5.02 Å². The zero-order valence-electron chi connectivity index (χ0n) is 18.4. The van der Waals surface area contributed by atoms with E-state index >= 15 is 0 Å². The van der Waals surface area contributed by atoms with Gasteiger partial charge in [-0.05, 0) is 42.8 Å². The van der Waals surface area contributed by atoms with Crippen molar-refractivity contribution in [2.45, 2.75) is 13.0 Å². The van der Waals surface area contributed by atoms with Crippen molar-refractivity contribution < 1.29 is 4.79 Å². The van der Waals surface area contributed by atoms with Gasteiger partial charge in [-0.1, -0.05) is 53.3 Å². The number of carbonyl (C=O) groups is 1. The molecule has 0 aliphatic carbocycles. The molecule has 0 spiro atoms. The summed E-state index contributed by atoms with van der Waals surface area (Å²) in [6.07, 6.45) is 5.32. The number of anilines is 1. The van der Waals surface area contributed by atoms with Gasteiger partial charge in [0.25, 0.3) is 11.5 Å². The van der Waals surface area contributed by atoms with Crippen LogP contribution < -0.4 is 20.2 Å². The second-order valence-electron chi connectivity index (χ2n) is 7.90. The highest BCUT2D eigenvalue weighted by Gasteiger charge is 2.32. The molecule has 2 aromatic carbocycles. The first kappa shape index (κ1) is 22.1. The topological polar surface area (TPSA) is 81.3 Å². The van der Waals surface area contributed by atoms with Crippen LogP contribution in [0.5, 0.6) is 0 Å². The number of aryl methyl sites for hydroxylation is 1. The summed E-state index contributed by atoms with van der Waals surface area (Å²) in [5.41, 5.74) is 3.00. The van der Waals surface area contributed by atoms with Crippen molar-refractivity contribution in [3.63, 3.8) is 0 Å². The Hall–Kier alpha value is -3.75. The minimum absolute atomic E-state index is 0.218. The van der Waals surface area contributed by atoms with Crippen LogP contribution in [0.25, 0.3) is 6.08 Å². The van der Waals surface area contributed by atoms with Crippen LogP contribution in [0, 0.1) is 0 Å². The number of benzene rings is 2. The van der Waals surface area contributed by atoms with Crippen LogP contribution in [-0.4, -0.2) is 20.3 Å². The van der Waals surface area contributed by atoms with E-state index in [-0.39, 0.29) is 11.5 Å². The zero-order chi connectivity index (χ0) is 23.8. The maximum absolute atomic E-state index is 13.6. The van der Waals surface area contributed by atoms with Crippen LogP contribution in [-0.2, 0) is 11.8 Å². The van der Waals surface area contributed by atoms with Gasteiger partial charge in [-0.2, -0.15) is 5.10 Å². The highest BCUT2D eigenvalue weighted by Crippen LogP contribution is 2.31. The predicted molar refractivity (Wildman–Crippen MR) is 133 cm³/mol. The SMILES string of the molecule is CC1=C(C(=O)Nc2ccccc2)[C@H](c2ccc(Cl)cc2)n2c(s/c(=C/c3cnn(C)c3)c2=O)=N1. The third-order valence-electron chi connectivity index (χ3n) is 5.51. The molecule has 0 unspecified atom stereocenters. The van der Waals surface area contributed by atoms with Crippen LogP contribution in [0.4, 0.5) is 5.69 Å². The van der Waals surface area contributed by atoms with E-state index in [4.69, 9.17) is 11.6 Å².